The second-order valence-corrected chi connectivity index (χ2v) is 8.79. The maximum absolute atomic E-state index is 12.9. The Morgan fingerprint density at radius 1 is 1.12 bits per heavy atom. The van der Waals surface area contributed by atoms with Crippen molar-refractivity contribution in [3.63, 3.8) is 0 Å². The molecule has 1 amide bonds. The van der Waals surface area contributed by atoms with E-state index in [4.69, 9.17) is 4.74 Å². The average molecular weight is 456 g/mol. The van der Waals surface area contributed by atoms with Gasteiger partial charge in [-0.2, -0.15) is 0 Å². The third-order valence-corrected chi connectivity index (χ3v) is 6.25. The zero-order chi connectivity index (χ0) is 22.8. The van der Waals surface area contributed by atoms with Crippen molar-refractivity contribution < 1.29 is 9.53 Å². The quantitative estimate of drug-likeness (QED) is 0.230. The number of rotatable bonds is 7. The molecule has 1 aromatic heterocycles. The van der Waals surface area contributed by atoms with E-state index < -0.39 is 0 Å². The Morgan fingerprint density at radius 2 is 1.88 bits per heavy atom. The minimum absolute atomic E-state index is 0.117. The summed E-state index contributed by atoms with van der Waals surface area (Å²) in [5, 5.41) is 3.89. The Bertz CT molecular complexity index is 1340. The standard InChI is InChI=1S/C27H25N3O2S/c1-32-21-8-4-18(5-9-21)15-30-27(31)23-16-29-24-10-6-19(12-22(23)24)20-7-11-25(26(33)13-20)28-14-17-2-3-17/h4-14,16-17,29,33H,2-3,15H2,1H3,(H,30,31)/b28-14+. The third-order valence-electron chi connectivity index (χ3n) is 5.89. The lowest BCUT2D eigenvalue weighted by atomic mass is 10.0. The average Bonchev–Trinajstić information content (AvgIpc) is 3.58. The number of hydrogen-bond acceptors (Lipinski definition) is 4. The molecule has 4 aromatic rings. The smallest absolute Gasteiger partial charge is 0.253 e. The molecule has 1 fully saturated rings. The zero-order valence-electron chi connectivity index (χ0n) is 18.3. The van der Waals surface area contributed by atoms with E-state index in [1.54, 1.807) is 13.3 Å². The van der Waals surface area contributed by atoms with E-state index in [1.165, 1.54) is 12.8 Å². The molecule has 5 rings (SSSR count). The fourth-order valence-electron chi connectivity index (χ4n) is 3.75. The highest BCUT2D eigenvalue weighted by atomic mass is 32.1. The van der Waals surface area contributed by atoms with Crippen molar-refractivity contribution in [2.45, 2.75) is 24.3 Å². The van der Waals surface area contributed by atoms with Crippen molar-refractivity contribution >= 4 is 41.3 Å². The number of benzene rings is 3. The molecule has 0 bridgehead atoms. The number of carbonyl (C=O) groups excluding carboxylic acids is 1. The Labute approximate surface area is 198 Å². The highest BCUT2D eigenvalue weighted by Gasteiger charge is 2.18. The number of ether oxygens (including phenoxy) is 1. The van der Waals surface area contributed by atoms with Crippen LogP contribution >= 0.6 is 12.6 Å². The maximum atomic E-state index is 12.9. The van der Waals surface area contributed by atoms with E-state index in [-0.39, 0.29) is 5.91 Å². The molecule has 0 radical (unpaired) electrons. The van der Waals surface area contributed by atoms with Crippen LogP contribution in [0, 0.1) is 5.92 Å². The Kier molecular flexibility index (Phi) is 5.92. The van der Waals surface area contributed by atoms with Crippen molar-refractivity contribution in [2.24, 2.45) is 10.9 Å². The summed E-state index contributed by atoms with van der Waals surface area (Å²) in [4.78, 5) is 21.5. The monoisotopic (exact) mass is 455 g/mol. The molecular formula is C27H25N3O2S. The first kappa shape index (κ1) is 21.3. The predicted octanol–water partition coefficient (Wildman–Crippen LogP) is 6.17. The van der Waals surface area contributed by atoms with Crippen molar-refractivity contribution in [3.05, 3.63) is 78.0 Å². The summed E-state index contributed by atoms with van der Waals surface area (Å²) >= 11 is 4.64. The number of aromatic nitrogens is 1. The summed E-state index contributed by atoms with van der Waals surface area (Å²) in [7, 11) is 1.64. The number of aromatic amines is 1. The number of hydrogen-bond donors (Lipinski definition) is 3. The van der Waals surface area contributed by atoms with E-state index in [0.29, 0.717) is 18.0 Å². The second kappa shape index (κ2) is 9.16. The van der Waals surface area contributed by atoms with E-state index >= 15 is 0 Å². The van der Waals surface area contributed by atoms with Crippen LogP contribution in [-0.2, 0) is 6.54 Å². The van der Waals surface area contributed by atoms with Gasteiger partial charge in [-0.05, 0) is 71.8 Å². The molecule has 0 spiro atoms. The summed E-state index contributed by atoms with van der Waals surface area (Å²) < 4.78 is 5.18. The molecule has 0 aliphatic heterocycles. The van der Waals surface area contributed by atoms with Crippen molar-refractivity contribution in [1.82, 2.24) is 10.3 Å². The van der Waals surface area contributed by atoms with Gasteiger partial charge < -0.3 is 15.0 Å². The highest BCUT2D eigenvalue weighted by Crippen LogP contribution is 2.33. The molecule has 0 unspecified atom stereocenters. The first-order chi connectivity index (χ1) is 16.1. The van der Waals surface area contributed by atoms with Crippen LogP contribution in [-0.4, -0.2) is 24.2 Å². The number of carbonyl (C=O) groups is 1. The molecule has 2 N–H and O–H groups in total. The summed E-state index contributed by atoms with van der Waals surface area (Å²) in [5.41, 5.74) is 5.50. The molecule has 3 aromatic carbocycles. The van der Waals surface area contributed by atoms with Crippen LogP contribution in [0.15, 0.2) is 76.7 Å². The number of amides is 1. The Morgan fingerprint density at radius 3 is 2.61 bits per heavy atom. The van der Waals surface area contributed by atoms with Crippen LogP contribution in [0.3, 0.4) is 0 Å². The van der Waals surface area contributed by atoms with Crippen LogP contribution in [0.1, 0.15) is 28.8 Å². The van der Waals surface area contributed by atoms with Crippen LogP contribution in [0.4, 0.5) is 5.69 Å². The molecule has 0 saturated heterocycles. The number of nitrogens with zero attached hydrogens (tertiary/aromatic N) is 1. The molecule has 1 aliphatic carbocycles. The number of fused-ring (bicyclic) bond motifs is 1. The third kappa shape index (κ3) is 4.81. The Hall–Kier alpha value is -3.51. The fraction of sp³-hybridized carbons (Fsp3) is 0.185. The normalized spacial score (nSPS) is 13.5. The molecule has 0 atom stereocenters. The first-order valence-electron chi connectivity index (χ1n) is 11.0. The van der Waals surface area contributed by atoms with E-state index in [9.17, 15) is 4.79 Å². The van der Waals surface area contributed by atoms with Gasteiger partial charge in [0.25, 0.3) is 5.91 Å². The number of nitrogens with one attached hydrogen (secondary N) is 2. The summed E-state index contributed by atoms with van der Waals surface area (Å²) in [5.74, 6) is 1.30. The summed E-state index contributed by atoms with van der Waals surface area (Å²) in [6.07, 6.45) is 6.25. The van der Waals surface area contributed by atoms with Crippen molar-refractivity contribution in [3.8, 4) is 16.9 Å². The number of thiol groups is 1. The summed E-state index contributed by atoms with van der Waals surface area (Å²) in [6.45, 7) is 0.445. The van der Waals surface area contributed by atoms with Gasteiger partial charge in [0, 0.05) is 34.8 Å². The molecule has 33 heavy (non-hydrogen) atoms. The van der Waals surface area contributed by atoms with Gasteiger partial charge >= 0.3 is 0 Å². The molecule has 1 aliphatic rings. The van der Waals surface area contributed by atoms with Crippen LogP contribution < -0.4 is 10.1 Å². The second-order valence-electron chi connectivity index (χ2n) is 8.31. The van der Waals surface area contributed by atoms with Gasteiger partial charge in [0.05, 0.1) is 18.4 Å². The van der Waals surface area contributed by atoms with Crippen molar-refractivity contribution in [1.29, 1.82) is 0 Å². The Balaban J connectivity index is 1.35. The lowest BCUT2D eigenvalue weighted by Crippen LogP contribution is -2.22. The largest absolute Gasteiger partial charge is 0.497 e. The van der Waals surface area contributed by atoms with Crippen LogP contribution in [0.5, 0.6) is 5.75 Å². The highest BCUT2D eigenvalue weighted by molar-refractivity contribution is 7.80. The van der Waals surface area contributed by atoms with Gasteiger partial charge in [-0.15, -0.1) is 12.6 Å². The first-order valence-corrected chi connectivity index (χ1v) is 11.5. The van der Waals surface area contributed by atoms with Crippen molar-refractivity contribution in [2.75, 3.05) is 7.11 Å². The van der Waals surface area contributed by atoms with Gasteiger partial charge in [-0.1, -0.05) is 24.3 Å². The molecular weight excluding hydrogens is 430 g/mol. The van der Waals surface area contributed by atoms with Crippen LogP contribution in [0.25, 0.3) is 22.0 Å². The number of methoxy groups -OCH3 is 1. The SMILES string of the molecule is COc1ccc(CNC(=O)c2c[nH]c3ccc(-c4ccc(/N=C/C5CC5)c(S)c4)cc23)cc1. The van der Waals surface area contributed by atoms with Gasteiger partial charge in [-0.3, -0.25) is 9.79 Å². The molecule has 5 nitrogen and oxygen atoms in total. The van der Waals surface area contributed by atoms with E-state index in [2.05, 4.69) is 34.0 Å². The molecule has 166 valence electrons. The molecule has 1 heterocycles. The fourth-order valence-corrected chi connectivity index (χ4v) is 4.02. The topological polar surface area (TPSA) is 66.5 Å². The minimum Gasteiger partial charge on any atom is -0.497 e. The summed E-state index contributed by atoms with van der Waals surface area (Å²) in [6, 6.07) is 19.8. The lowest BCUT2D eigenvalue weighted by Gasteiger charge is -2.08. The van der Waals surface area contributed by atoms with Gasteiger partial charge in [0.1, 0.15) is 5.75 Å². The number of aliphatic imine (C=N–C) groups is 1. The number of H-pyrrole nitrogens is 1. The van der Waals surface area contributed by atoms with Gasteiger partial charge in [0.2, 0.25) is 0 Å². The lowest BCUT2D eigenvalue weighted by molar-refractivity contribution is 0.0952. The van der Waals surface area contributed by atoms with Gasteiger partial charge in [0.15, 0.2) is 0 Å². The minimum atomic E-state index is -0.117. The molecule has 6 heteroatoms. The zero-order valence-corrected chi connectivity index (χ0v) is 19.2. The van der Waals surface area contributed by atoms with E-state index in [0.717, 1.165) is 43.9 Å². The molecule has 1 saturated carbocycles. The van der Waals surface area contributed by atoms with Gasteiger partial charge in [-0.25, -0.2) is 0 Å². The van der Waals surface area contributed by atoms with Crippen LogP contribution in [0.2, 0.25) is 0 Å². The maximum Gasteiger partial charge on any atom is 0.253 e. The predicted molar refractivity (Wildman–Crippen MR) is 136 cm³/mol. The van der Waals surface area contributed by atoms with E-state index in [1.807, 2.05) is 60.8 Å².